The Kier molecular flexibility index (Phi) is 23.1. The summed E-state index contributed by atoms with van der Waals surface area (Å²) >= 11 is 11.0. The fourth-order valence-corrected chi connectivity index (χ4v) is 9.40. The standard InChI is InChI=1S/C34H34N2O6.C20H20ClF2N3O2.C9H8N2S/c37-24-31(39)29-15-9-14-28(19-29)30(38)21-35-20-25-10-8-11-26(18-25)22-36-23-32(27-12-4-3-5-13-27)42-34(41)17-7-2-1-6-16-33(36)40;21-14-3-1-2-13(10-14)11-18(24)20(28)26-8-6-25(7-9-26)19(27)16-12-15(22)4-5-17(16)23;12-9-2-1-8(11-9)7-3-5-10-6-4-7/h1-5,8-15,18-20,32,37H,6-7,16-17,21-24H2;1-5,10,12,18H,6-9,11,24H2;1,3-6H,2H2,(H,11,12)/b2-1+,35-20?;;/t32-;18-;/m00./s1. The lowest BCUT2D eigenvalue weighted by Gasteiger charge is -2.36. The van der Waals surface area contributed by atoms with Crippen LogP contribution in [0.1, 0.15) is 97.1 Å². The maximum Gasteiger partial charge on any atom is 0.306 e. The number of ketones is 2. The van der Waals surface area contributed by atoms with Gasteiger partial charge in [-0.25, -0.2) is 8.78 Å². The molecule has 15 nitrogen and oxygen atoms in total. The monoisotopic (exact) mass is 1150 g/mol. The quantitative estimate of drug-likeness (QED) is 0.0307. The van der Waals surface area contributed by atoms with Crippen molar-refractivity contribution in [2.45, 2.75) is 57.2 Å². The lowest BCUT2D eigenvalue weighted by atomic mass is 10.0. The molecule has 0 unspecified atom stereocenters. The summed E-state index contributed by atoms with van der Waals surface area (Å²) in [5.74, 6) is -3.30. The van der Waals surface area contributed by atoms with Crippen molar-refractivity contribution in [2.24, 2.45) is 10.7 Å². The number of aromatic nitrogens is 1. The van der Waals surface area contributed by atoms with Crippen LogP contribution in [-0.4, -0.2) is 123 Å². The van der Waals surface area contributed by atoms with Crippen LogP contribution in [0.15, 0.2) is 169 Å². The Bertz CT molecular complexity index is 3320. The van der Waals surface area contributed by atoms with Gasteiger partial charge in [0.15, 0.2) is 11.6 Å². The zero-order valence-electron chi connectivity index (χ0n) is 44.9. The van der Waals surface area contributed by atoms with Crippen LogP contribution in [0, 0.1) is 11.6 Å². The Hall–Kier alpha value is -8.42. The van der Waals surface area contributed by atoms with Gasteiger partial charge in [-0.15, -0.1) is 0 Å². The van der Waals surface area contributed by atoms with Crippen molar-refractivity contribution >= 4 is 76.0 Å². The first-order chi connectivity index (χ1) is 39.6. The normalized spacial score (nSPS) is 16.4. The zero-order chi connectivity index (χ0) is 58.4. The molecule has 9 rings (SSSR count). The number of nitrogens with zero attached hydrogens (tertiary/aromatic N) is 5. The molecule has 3 aliphatic heterocycles. The van der Waals surface area contributed by atoms with Crippen LogP contribution >= 0.6 is 23.8 Å². The number of nitrogens with one attached hydrogen (secondary N) is 1. The lowest BCUT2D eigenvalue weighted by molar-refractivity contribution is -0.152. The molecule has 1 saturated heterocycles. The van der Waals surface area contributed by atoms with Crippen molar-refractivity contribution in [2.75, 3.05) is 45.9 Å². The topological polar surface area (TPSA) is 205 Å². The molecule has 3 amide bonds. The van der Waals surface area contributed by atoms with Crippen molar-refractivity contribution in [1.82, 2.24) is 25.0 Å². The van der Waals surface area contributed by atoms with Crippen LogP contribution in [0.2, 0.25) is 5.02 Å². The molecule has 0 radical (unpaired) electrons. The second-order valence-electron chi connectivity index (χ2n) is 19.3. The number of carbonyl (C=O) groups excluding carboxylic acids is 6. The van der Waals surface area contributed by atoms with Crippen LogP contribution in [0.5, 0.6) is 0 Å². The molecule has 1 fully saturated rings. The van der Waals surface area contributed by atoms with Crippen molar-refractivity contribution < 1.29 is 47.4 Å². The molecule has 1 aromatic heterocycles. The Labute approximate surface area is 485 Å². The van der Waals surface area contributed by atoms with Crippen molar-refractivity contribution in [1.29, 1.82) is 0 Å². The van der Waals surface area contributed by atoms with Crippen LogP contribution in [0.3, 0.4) is 0 Å². The van der Waals surface area contributed by atoms with Gasteiger partial charge in [0.1, 0.15) is 30.9 Å². The smallest absolute Gasteiger partial charge is 0.306 e. The van der Waals surface area contributed by atoms with Crippen molar-refractivity contribution in [3.05, 3.63) is 225 Å². The van der Waals surface area contributed by atoms with Gasteiger partial charge in [-0.3, -0.25) is 38.7 Å². The third kappa shape index (κ3) is 18.6. The highest BCUT2D eigenvalue weighted by Crippen LogP contribution is 2.24. The van der Waals surface area contributed by atoms with Crippen LogP contribution in [-0.2, 0) is 32.1 Å². The third-order valence-corrected chi connectivity index (χ3v) is 13.8. The summed E-state index contributed by atoms with van der Waals surface area (Å²) in [6, 6.07) is 36.3. The summed E-state index contributed by atoms with van der Waals surface area (Å²) in [4.78, 5) is 89.1. The minimum Gasteiger partial charge on any atom is -0.456 e. The highest BCUT2D eigenvalue weighted by molar-refractivity contribution is 7.80. The molecule has 0 aliphatic carbocycles. The molecule has 0 spiro atoms. The summed E-state index contributed by atoms with van der Waals surface area (Å²) in [6.07, 6.45) is 13.5. The van der Waals surface area contributed by atoms with Crippen molar-refractivity contribution in [3.63, 3.8) is 0 Å². The lowest BCUT2D eigenvalue weighted by Crippen LogP contribution is -2.54. The van der Waals surface area contributed by atoms with Crippen molar-refractivity contribution in [3.8, 4) is 0 Å². The van der Waals surface area contributed by atoms with Crippen LogP contribution < -0.4 is 11.1 Å². The number of ether oxygens (including phenoxy) is 1. The molecule has 0 saturated carbocycles. The van der Waals surface area contributed by atoms with E-state index in [9.17, 15) is 37.5 Å². The number of aliphatic hydroxyl groups excluding tert-OH is 1. The molecule has 3 aliphatic rings. The average molecular weight is 1150 g/mol. The second-order valence-corrected chi connectivity index (χ2v) is 20.2. The van der Waals surface area contributed by atoms with Gasteiger partial charge in [-0.2, -0.15) is 0 Å². The molecule has 2 atom stereocenters. The van der Waals surface area contributed by atoms with Crippen LogP contribution in [0.4, 0.5) is 8.78 Å². The number of hydrogen-bond donors (Lipinski definition) is 3. The van der Waals surface area contributed by atoms with Gasteiger partial charge in [-0.1, -0.05) is 121 Å². The van der Waals surface area contributed by atoms with E-state index in [1.807, 2.05) is 84.9 Å². The number of rotatable bonds is 14. The molecule has 0 bridgehead atoms. The number of nitrogens with two attached hydrogens (primary N) is 1. The van der Waals surface area contributed by atoms with Gasteiger partial charge in [0.05, 0.1) is 23.1 Å². The van der Waals surface area contributed by atoms with Gasteiger partial charge in [0.2, 0.25) is 11.8 Å². The molecular formula is C63H62ClF2N7O8S. The number of benzene rings is 5. The molecule has 82 heavy (non-hydrogen) atoms. The number of aliphatic hydroxyl groups is 1. The number of esters is 1. The van der Waals surface area contributed by atoms with E-state index in [1.54, 1.807) is 64.8 Å². The van der Waals surface area contributed by atoms with Gasteiger partial charge < -0.3 is 35.6 Å². The van der Waals surface area contributed by atoms with E-state index in [4.69, 9.17) is 39.4 Å². The number of Topliss-reactive ketones (excluding diaryl/α,β-unsaturated/α-hetero) is 2. The first-order valence-electron chi connectivity index (χ1n) is 26.6. The molecule has 6 aromatic rings. The maximum absolute atomic E-state index is 13.8. The van der Waals surface area contributed by atoms with Gasteiger partial charge in [0.25, 0.3) is 5.91 Å². The Morgan fingerprint density at radius 3 is 2.20 bits per heavy atom. The number of halogens is 3. The van der Waals surface area contributed by atoms with E-state index in [2.05, 4.69) is 21.4 Å². The number of thiocarbonyl (C=S) groups is 1. The number of aliphatic imine (C=N–C) groups is 1. The largest absolute Gasteiger partial charge is 0.456 e. The number of amides is 3. The first-order valence-corrected chi connectivity index (χ1v) is 27.4. The van der Waals surface area contributed by atoms with E-state index >= 15 is 0 Å². The summed E-state index contributed by atoms with van der Waals surface area (Å²) in [6.45, 7) is 0.830. The minimum atomic E-state index is -0.770. The van der Waals surface area contributed by atoms with Gasteiger partial charge in [0, 0.05) is 98.0 Å². The fraction of sp³-hybridized carbons (Fsp3) is 0.254. The van der Waals surface area contributed by atoms with E-state index in [0.717, 1.165) is 63.1 Å². The van der Waals surface area contributed by atoms with Gasteiger partial charge in [-0.05, 0) is 96.1 Å². The SMILES string of the molecule is N[C@@H](Cc1cccc(Cl)c1)C(=O)N1CCN(C(=O)c2cc(F)ccc2F)CC1.O=C1CC/C=C/CCC(=O)N(Cc2cccc(C=NCC(=O)c3cccc(C(=O)CO)c3)c2)C[C@@H](c2ccccc2)O1.S=C1CC=C(c2ccncc2)N1. The number of allylic oxidation sites excluding steroid dienone is 2. The highest BCUT2D eigenvalue weighted by Gasteiger charge is 2.29. The predicted octanol–water partition coefficient (Wildman–Crippen LogP) is 9.12. The summed E-state index contributed by atoms with van der Waals surface area (Å²) in [5.41, 5.74) is 11.9. The minimum absolute atomic E-state index is 0.0382. The number of piperazine rings is 1. The Morgan fingerprint density at radius 2 is 1.49 bits per heavy atom. The molecule has 4 N–H and O–H groups in total. The first kappa shape index (κ1) is 61.2. The number of cyclic esters (lactones) is 1. The fourth-order valence-electron chi connectivity index (χ4n) is 9.00. The van der Waals surface area contributed by atoms with E-state index in [-0.39, 0.29) is 80.4 Å². The summed E-state index contributed by atoms with van der Waals surface area (Å²) in [7, 11) is 0. The zero-order valence-corrected chi connectivity index (χ0v) is 46.5. The van der Waals surface area contributed by atoms with E-state index in [1.165, 1.54) is 11.0 Å². The second kappa shape index (κ2) is 31.0. The Balaban J connectivity index is 0.000000205. The maximum atomic E-state index is 13.8. The summed E-state index contributed by atoms with van der Waals surface area (Å²) in [5, 5.41) is 12.8. The molecule has 4 heterocycles. The van der Waals surface area contributed by atoms with Gasteiger partial charge >= 0.3 is 5.97 Å². The average Bonchev–Trinajstić information content (AvgIpc) is 3.99. The number of hydrogen-bond acceptors (Lipinski definition) is 12. The molecule has 5 aromatic carbocycles. The predicted molar refractivity (Wildman–Crippen MR) is 314 cm³/mol. The third-order valence-electron chi connectivity index (χ3n) is 13.3. The van der Waals surface area contributed by atoms with Crippen LogP contribution in [0.25, 0.3) is 5.70 Å². The summed E-state index contributed by atoms with van der Waals surface area (Å²) < 4.78 is 33.0. The highest BCUT2D eigenvalue weighted by atomic mass is 35.5. The Morgan fingerprint density at radius 1 is 0.805 bits per heavy atom. The van der Waals surface area contributed by atoms with E-state index < -0.39 is 42.1 Å². The van der Waals surface area contributed by atoms with E-state index in [0.29, 0.717) is 42.8 Å². The number of carbonyl (C=O) groups is 6. The molecule has 19 heteroatoms. The molecular weight excluding hydrogens is 1090 g/mol. The molecule has 424 valence electrons. The number of pyridine rings is 1.